The molecule has 2 N–H and O–H groups in total. The van der Waals surface area contributed by atoms with E-state index in [4.69, 9.17) is 9.47 Å². The van der Waals surface area contributed by atoms with Crippen LogP contribution in [-0.4, -0.2) is 29.0 Å². The van der Waals surface area contributed by atoms with Gasteiger partial charge in [0.15, 0.2) is 11.5 Å². The first-order valence-electron chi connectivity index (χ1n) is 10.4. The summed E-state index contributed by atoms with van der Waals surface area (Å²) in [5, 5.41) is 6.17. The van der Waals surface area contributed by atoms with Crippen molar-refractivity contribution in [1.82, 2.24) is 9.97 Å². The molecule has 8 heteroatoms. The Balaban J connectivity index is 1.73. The van der Waals surface area contributed by atoms with Crippen LogP contribution in [-0.2, 0) is 16.0 Å². The van der Waals surface area contributed by atoms with Gasteiger partial charge in [-0.15, -0.1) is 0 Å². The molecule has 0 spiro atoms. The highest BCUT2D eigenvalue weighted by atomic mass is 16.6. The first-order chi connectivity index (χ1) is 15.9. The summed E-state index contributed by atoms with van der Waals surface area (Å²) in [6.45, 7) is 5.24. The van der Waals surface area contributed by atoms with Crippen LogP contribution in [0.4, 0.5) is 17.2 Å². The van der Waals surface area contributed by atoms with Crippen LogP contribution in [0.15, 0.2) is 54.9 Å². The van der Waals surface area contributed by atoms with Crippen molar-refractivity contribution in [1.29, 1.82) is 0 Å². The number of nitrogens with one attached hydrogen (secondary N) is 2. The number of anilines is 3. The number of hydrogen-bond donors (Lipinski definition) is 2. The maximum absolute atomic E-state index is 12.6. The highest BCUT2D eigenvalue weighted by molar-refractivity contribution is 6.02. The summed E-state index contributed by atoms with van der Waals surface area (Å²) < 4.78 is 10.4. The van der Waals surface area contributed by atoms with Gasteiger partial charge in [-0.3, -0.25) is 9.59 Å². The van der Waals surface area contributed by atoms with Crippen molar-refractivity contribution in [3.8, 4) is 11.5 Å². The monoisotopic (exact) mass is 446 g/mol. The lowest BCUT2D eigenvalue weighted by molar-refractivity contribution is -0.132. The fourth-order valence-electron chi connectivity index (χ4n) is 3.12. The number of nitrogens with zero attached hydrogens (tertiary/aromatic N) is 2. The van der Waals surface area contributed by atoms with E-state index in [0.29, 0.717) is 23.0 Å². The van der Waals surface area contributed by atoms with E-state index in [-0.39, 0.29) is 5.91 Å². The van der Waals surface area contributed by atoms with Gasteiger partial charge >= 0.3 is 5.97 Å². The maximum Gasteiger partial charge on any atom is 0.308 e. The number of aromatic nitrogens is 2. The third kappa shape index (κ3) is 6.64. The van der Waals surface area contributed by atoms with Gasteiger partial charge in [-0.1, -0.05) is 19.1 Å². The van der Waals surface area contributed by atoms with Gasteiger partial charge in [-0.05, 0) is 54.8 Å². The molecule has 3 aromatic rings. The van der Waals surface area contributed by atoms with Gasteiger partial charge in [-0.25, -0.2) is 9.97 Å². The van der Waals surface area contributed by atoms with Crippen LogP contribution in [0, 0.1) is 6.92 Å². The number of amides is 1. The molecule has 3 rings (SSSR count). The van der Waals surface area contributed by atoms with Crippen LogP contribution >= 0.6 is 0 Å². The fourth-order valence-corrected chi connectivity index (χ4v) is 3.12. The molecule has 8 nitrogen and oxygen atoms in total. The normalized spacial score (nSPS) is 10.7. The highest BCUT2D eigenvalue weighted by Gasteiger charge is 2.09. The van der Waals surface area contributed by atoms with Gasteiger partial charge < -0.3 is 20.1 Å². The molecule has 1 heterocycles. The Morgan fingerprint density at radius 3 is 2.58 bits per heavy atom. The molecule has 1 aromatic heterocycles. The molecule has 0 saturated heterocycles. The molecule has 2 aromatic carbocycles. The smallest absolute Gasteiger partial charge is 0.308 e. The van der Waals surface area contributed by atoms with Crippen LogP contribution < -0.4 is 20.1 Å². The predicted octanol–water partition coefficient (Wildman–Crippen LogP) is 4.68. The lowest BCUT2D eigenvalue weighted by Crippen LogP contribution is -2.10. The quantitative estimate of drug-likeness (QED) is 0.294. The van der Waals surface area contributed by atoms with Crippen molar-refractivity contribution in [2.75, 3.05) is 17.7 Å². The first-order valence-corrected chi connectivity index (χ1v) is 10.4. The van der Waals surface area contributed by atoms with E-state index < -0.39 is 5.97 Å². The van der Waals surface area contributed by atoms with E-state index in [1.54, 1.807) is 24.3 Å². The minimum absolute atomic E-state index is 0.275. The number of esters is 1. The maximum atomic E-state index is 12.6. The summed E-state index contributed by atoms with van der Waals surface area (Å²) in [6.07, 6.45) is 5.36. The number of ether oxygens (including phenoxy) is 2. The molecule has 0 atom stereocenters. The number of benzene rings is 2. The molecule has 0 fully saturated rings. The van der Waals surface area contributed by atoms with Crippen LogP contribution in [0.25, 0.3) is 6.08 Å². The minimum Gasteiger partial charge on any atom is -0.493 e. The second kappa shape index (κ2) is 10.9. The van der Waals surface area contributed by atoms with E-state index in [0.717, 1.165) is 28.9 Å². The van der Waals surface area contributed by atoms with Gasteiger partial charge in [0.1, 0.15) is 12.1 Å². The number of methoxy groups -OCH3 is 1. The van der Waals surface area contributed by atoms with Gasteiger partial charge in [0.05, 0.1) is 7.11 Å². The molecule has 170 valence electrons. The Hall–Kier alpha value is -4.20. The Kier molecular flexibility index (Phi) is 7.75. The van der Waals surface area contributed by atoms with Crippen LogP contribution in [0.1, 0.15) is 30.7 Å². The van der Waals surface area contributed by atoms with Crippen molar-refractivity contribution >= 4 is 35.1 Å². The molecule has 0 aliphatic carbocycles. The summed E-state index contributed by atoms with van der Waals surface area (Å²) in [5.41, 5.74) is 4.10. The minimum atomic E-state index is -0.436. The molecule has 0 aliphatic heterocycles. The molecule has 1 amide bonds. The van der Waals surface area contributed by atoms with Crippen LogP contribution in [0.5, 0.6) is 11.5 Å². The Labute approximate surface area is 192 Å². The average molecular weight is 447 g/mol. The number of carbonyl (C=O) groups excluding carboxylic acids is 2. The summed E-state index contributed by atoms with van der Waals surface area (Å²) in [5.74, 6) is 0.689. The first kappa shape index (κ1) is 23.5. The summed E-state index contributed by atoms with van der Waals surface area (Å²) in [4.78, 5) is 32.1. The summed E-state index contributed by atoms with van der Waals surface area (Å²) in [6, 6.07) is 12.7. The third-order valence-electron chi connectivity index (χ3n) is 4.69. The molecular weight excluding hydrogens is 420 g/mol. The molecule has 33 heavy (non-hydrogen) atoms. The lowest BCUT2D eigenvalue weighted by Gasteiger charge is -2.12. The number of aryl methyl sites for hydroxylation is 2. The third-order valence-corrected chi connectivity index (χ3v) is 4.69. The van der Waals surface area contributed by atoms with Crippen molar-refractivity contribution in [2.45, 2.75) is 27.2 Å². The number of carbonyl (C=O) groups is 2. The average Bonchev–Trinajstić information content (AvgIpc) is 2.78. The van der Waals surface area contributed by atoms with Crippen LogP contribution in [0.3, 0.4) is 0 Å². The Morgan fingerprint density at radius 2 is 1.88 bits per heavy atom. The second-order valence-electron chi connectivity index (χ2n) is 7.22. The topological polar surface area (TPSA) is 102 Å². The fraction of sp³-hybridized carbons (Fsp3) is 0.200. The molecule has 0 radical (unpaired) electrons. The SMILES string of the molecule is CCc1ccc(Nc2cc(C)ncn2)cc1NC(=O)/C=C/c1ccc(OC(C)=O)c(OC)c1. The van der Waals surface area contributed by atoms with E-state index in [2.05, 4.69) is 20.6 Å². The zero-order valence-corrected chi connectivity index (χ0v) is 19.0. The number of hydrogen-bond acceptors (Lipinski definition) is 7. The predicted molar refractivity (Wildman–Crippen MR) is 128 cm³/mol. The van der Waals surface area contributed by atoms with Crippen LogP contribution in [0.2, 0.25) is 0 Å². The molecule has 0 unspecified atom stereocenters. The van der Waals surface area contributed by atoms with E-state index in [1.165, 1.54) is 26.4 Å². The van der Waals surface area contributed by atoms with E-state index in [9.17, 15) is 9.59 Å². The van der Waals surface area contributed by atoms with Gasteiger partial charge in [0.2, 0.25) is 5.91 Å². The molecular formula is C25H26N4O4. The van der Waals surface area contributed by atoms with E-state index >= 15 is 0 Å². The summed E-state index contributed by atoms with van der Waals surface area (Å²) in [7, 11) is 1.48. The van der Waals surface area contributed by atoms with Crippen molar-refractivity contribution in [2.24, 2.45) is 0 Å². The molecule has 0 bridgehead atoms. The van der Waals surface area contributed by atoms with Crippen molar-refractivity contribution in [3.63, 3.8) is 0 Å². The van der Waals surface area contributed by atoms with Gasteiger partial charge in [-0.2, -0.15) is 0 Å². The second-order valence-corrected chi connectivity index (χ2v) is 7.22. The highest BCUT2D eigenvalue weighted by Crippen LogP contribution is 2.29. The number of rotatable bonds is 8. The van der Waals surface area contributed by atoms with Crippen molar-refractivity contribution < 1.29 is 19.1 Å². The molecule has 0 saturated carbocycles. The zero-order valence-electron chi connectivity index (χ0n) is 19.0. The largest absolute Gasteiger partial charge is 0.493 e. The summed E-state index contributed by atoms with van der Waals surface area (Å²) >= 11 is 0. The Morgan fingerprint density at radius 1 is 1.06 bits per heavy atom. The van der Waals surface area contributed by atoms with Gasteiger partial charge in [0, 0.05) is 36.1 Å². The molecule has 0 aliphatic rings. The van der Waals surface area contributed by atoms with Gasteiger partial charge in [0.25, 0.3) is 0 Å². The standard InChI is InChI=1S/C25H26N4O4/c1-5-19-8-9-20(28-24-12-16(2)26-15-27-24)14-21(19)29-25(31)11-7-18-6-10-22(33-17(3)30)23(13-18)32-4/h6-15H,5H2,1-4H3,(H,29,31)(H,26,27,28)/b11-7+. The van der Waals surface area contributed by atoms with E-state index in [1.807, 2.05) is 38.1 Å². The lowest BCUT2D eigenvalue weighted by atomic mass is 10.1. The van der Waals surface area contributed by atoms with Crippen molar-refractivity contribution in [3.05, 3.63) is 71.7 Å². The Bertz CT molecular complexity index is 1190. The zero-order chi connectivity index (χ0) is 23.8.